The predicted octanol–water partition coefficient (Wildman–Crippen LogP) is 2.84. The van der Waals surface area contributed by atoms with Crippen LogP contribution in [0.4, 0.5) is 0 Å². The van der Waals surface area contributed by atoms with Gasteiger partial charge in [-0.05, 0) is 43.6 Å². The number of aromatic nitrogens is 1. The highest BCUT2D eigenvalue weighted by Crippen LogP contribution is 2.30. The second-order valence-electron chi connectivity index (χ2n) is 4.54. The molecule has 4 heteroatoms. The van der Waals surface area contributed by atoms with Crippen molar-refractivity contribution in [1.29, 1.82) is 0 Å². The maximum absolute atomic E-state index is 10.5. The minimum absolute atomic E-state index is 0.116. The topological polar surface area (TPSA) is 39.2 Å². The zero-order valence-electron chi connectivity index (χ0n) is 10.5. The maximum atomic E-state index is 10.5. The van der Waals surface area contributed by atoms with E-state index in [0.29, 0.717) is 11.7 Å². The van der Waals surface area contributed by atoms with Gasteiger partial charge in [-0.15, -0.1) is 0 Å². The third-order valence-corrected chi connectivity index (χ3v) is 4.70. The fraction of sp³-hybridized carbons (Fsp3) is 0.571. The van der Waals surface area contributed by atoms with Gasteiger partial charge in [0.15, 0.2) is 0 Å². The molecule has 0 N–H and O–H groups in total. The first kappa shape index (κ1) is 13.4. The van der Waals surface area contributed by atoms with Crippen molar-refractivity contribution in [1.82, 2.24) is 4.98 Å². The predicted molar refractivity (Wildman–Crippen MR) is 73.6 cm³/mol. The molecule has 0 spiro atoms. The van der Waals surface area contributed by atoms with Crippen LogP contribution in [-0.4, -0.2) is 28.6 Å². The molecule has 18 heavy (non-hydrogen) atoms. The van der Waals surface area contributed by atoms with Gasteiger partial charge in [0.05, 0.1) is 0 Å². The van der Waals surface area contributed by atoms with Gasteiger partial charge in [0.25, 0.3) is 6.47 Å². The number of hydrogen-bond donors (Lipinski definition) is 0. The van der Waals surface area contributed by atoms with Crippen LogP contribution in [-0.2, 0) is 16.0 Å². The van der Waals surface area contributed by atoms with Gasteiger partial charge in [-0.2, -0.15) is 11.8 Å². The summed E-state index contributed by atoms with van der Waals surface area (Å²) in [6, 6.07) is 6.01. The Morgan fingerprint density at radius 3 is 3.06 bits per heavy atom. The lowest BCUT2D eigenvalue weighted by Gasteiger charge is -2.29. The summed E-state index contributed by atoms with van der Waals surface area (Å²) in [6.45, 7) is 0.600. The van der Waals surface area contributed by atoms with Crippen LogP contribution < -0.4 is 0 Å². The summed E-state index contributed by atoms with van der Waals surface area (Å²) in [7, 11) is 0. The van der Waals surface area contributed by atoms with Crippen molar-refractivity contribution in [2.24, 2.45) is 0 Å². The standard InChI is InChI=1S/C14H19NO2S/c16-11-17-13-6-1-2-7-14(13)18-10-8-12-5-3-4-9-15-12/h3-5,9,11,13-14H,1-2,6-8,10H2. The lowest BCUT2D eigenvalue weighted by atomic mass is 9.97. The highest BCUT2D eigenvalue weighted by Gasteiger charge is 2.26. The van der Waals surface area contributed by atoms with E-state index in [1.807, 2.05) is 30.1 Å². The molecule has 0 bridgehead atoms. The Hall–Kier alpha value is -1.03. The van der Waals surface area contributed by atoms with Crippen molar-refractivity contribution in [2.75, 3.05) is 5.75 Å². The summed E-state index contributed by atoms with van der Waals surface area (Å²) in [6.07, 6.45) is 7.53. The molecule has 1 aliphatic carbocycles. The largest absolute Gasteiger partial charge is 0.463 e. The molecule has 0 amide bonds. The molecular weight excluding hydrogens is 246 g/mol. The molecule has 2 atom stereocenters. The number of carbonyl (C=O) groups excluding carboxylic acids is 1. The van der Waals surface area contributed by atoms with Gasteiger partial charge in [-0.1, -0.05) is 12.5 Å². The van der Waals surface area contributed by atoms with Crippen LogP contribution >= 0.6 is 11.8 Å². The Bertz CT molecular complexity index is 358. The molecule has 2 unspecified atom stereocenters. The lowest BCUT2D eigenvalue weighted by Crippen LogP contribution is -2.30. The highest BCUT2D eigenvalue weighted by atomic mass is 32.2. The van der Waals surface area contributed by atoms with Gasteiger partial charge < -0.3 is 4.74 Å². The van der Waals surface area contributed by atoms with Crippen molar-refractivity contribution in [3.63, 3.8) is 0 Å². The zero-order valence-corrected chi connectivity index (χ0v) is 11.3. The quantitative estimate of drug-likeness (QED) is 0.741. The SMILES string of the molecule is O=COC1CCCCC1SCCc1ccccn1. The summed E-state index contributed by atoms with van der Waals surface area (Å²) < 4.78 is 5.18. The summed E-state index contributed by atoms with van der Waals surface area (Å²) in [5, 5.41) is 0.465. The molecule has 0 aromatic carbocycles. The molecule has 1 fully saturated rings. The van der Waals surface area contributed by atoms with Crippen LogP contribution in [0.15, 0.2) is 24.4 Å². The summed E-state index contributed by atoms with van der Waals surface area (Å²) in [4.78, 5) is 14.8. The molecule has 2 rings (SSSR count). The van der Waals surface area contributed by atoms with Crippen molar-refractivity contribution in [2.45, 2.75) is 43.5 Å². The molecule has 0 saturated heterocycles. The Labute approximate surface area is 112 Å². The Balaban J connectivity index is 1.76. The van der Waals surface area contributed by atoms with E-state index in [1.54, 1.807) is 0 Å². The fourth-order valence-corrected chi connectivity index (χ4v) is 3.72. The number of pyridine rings is 1. The average Bonchev–Trinajstić information content (AvgIpc) is 2.42. The summed E-state index contributed by atoms with van der Waals surface area (Å²) in [5.41, 5.74) is 1.13. The van der Waals surface area contributed by atoms with Crippen molar-refractivity contribution in [3.8, 4) is 0 Å². The number of thioether (sulfide) groups is 1. The molecule has 1 saturated carbocycles. The van der Waals surface area contributed by atoms with Gasteiger partial charge in [0.2, 0.25) is 0 Å². The van der Waals surface area contributed by atoms with Crippen LogP contribution in [0.5, 0.6) is 0 Å². The molecule has 1 heterocycles. The summed E-state index contributed by atoms with van der Waals surface area (Å²) in [5.74, 6) is 1.04. The van der Waals surface area contributed by atoms with Gasteiger partial charge in [0, 0.05) is 17.1 Å². The second-order valence-corrected chi connectivity index (χ2v) is 5.88. The van der Waals surface area contributed by atoms with Gasteiger partial charge in [-0.3, -0.25) is 9.78 Å². The number of ether oxygens (including phenoxy) is 1. The van der Waals surface area contributed by atoms with Crippen LogP contribution in [0.2, 0.25) is 0 Å². The maximum Gasteiger partial charge on any atom is 0.293 e. The van der Waals surface area contributed by atoms with Gasteiger partial charge in [-0.25, -0.2) is 0 Å². The van der Waals surface area contributed by atoms with Crippen molar-refractivity contribution < 1.29 is 9.53 Å². The van der Waals surface area contributed by atoms with Crippen LogP contribution in [0.25, 0.3) is 0 Å². The number of rotatable bonds is 6. The minimum atomic E-state index is 0.116. The minimum Gasteiger partial charge on any atom is -0.463 e. The van der Waals surface area contributed by atoms with Crippen LogP contribution in [0.3, 0.4) is 0 Å². The molecule has 98 valence electrons. The molecular formula is C14H19NO2S. The Morgan fingerprint density at radius 1 is 1.39 bits per heavy atom. The van der Waals surface area contributed by atoms with E-state index in [1.165, 1.54) is 12.8 Å². The van der Waals surface area contributed by atoms with Crippen LogP contribution in [0, 0.1) is 0 Å². The second kappa shape index (κ2) is 7.41. The third-order valence-electron chi connectivity index (χ3n) is 3.29. The fourth-order valence-electron chi connectivity index (χ4n) is 2.34. The van der Waals surface area contributed by atoms with Gasteiger partial charge in [0.1, 0.15) is 6.10 Å². The smallest absolute Gasteiger partial charge is 0.293 e. The zero-order chi connectivity index (χ0) is 12.6. The molecule has 3 nitrogen and oxygen atoms in total. The third kappa shape index (κ3) is 4.02. The molecule has 1 aliphatic rings. The Morgan fingerprint density at radius 2 is 2.28 bits per heavy atom. The van der Waals surface area contributed by atoms with E-state index >= 15 is 0 Å². The molecule has 1 aromatic rings. The normalized spacial score (nSPS) is 23.6. The molecule has 0 aliphatic heterocycles. The van der Waals surface area contributed by atoms with E-state index in [9.17, 15) is 4.79 Å². The number of aryl methyl sites for hydroxylation is 1. The highest BCUT2D eigenvalue weighted by molar-refractivity contribution is 7.99. The number of nitrogens with zero attached hydrogens (tertiary/aromatic N) is 1. The molecule has 1 aromatic heterocycles. The van der Waals surface area contributed by atoms with E-state index in [4.69, 9.17) is 4.74 Å². The first-order valence-corrected chi connectivity index (χ1v) is 7.55. The van der Waals surface area contributed by atoms with Crippen molar-refractivity contribution in [3.05, 3.63) is 30.1 Å². The first-order valence-electron chi connectivity index (χ1n) is 6.51. The van der Waals surface area contributed by atoms with Crippen molar-refractivity contribution >= 4 is 18.2 Å². The first-order chi connectivity index (χ1) is 8.90. The average molecular weight is 265 g/mol. The monoisotopic (exact) mass is 265 g/mol. The van der Waals surface area contributed by atoms with Crippen LogP contribution in [0.1, 0.15) is 31.4 Å². The summed E-state index contributed by atoms with van der Waals surface area (Å²) >= 11 is 1.92. The van der Waals surface area contributed by atoms with E-state index < -0.39 is 0 Å². The Kier molecular flexibility index (Phi) is 5.52. The number of hydrogen-bond acceptors (Lipinski definition) is 4. The van der Waals surface area contributed by atoms with Gasteiger partial charge >= 0.3 is 0 Å². The van der Waals surface area contributed by atoms with E-state index in [2.05, 4.69) is 11.1 Å². The van der Waals surface area contributed by atoms with E-state index in [-0.39, 0.29) is 6.10 Å². The van der Waals surface area contributed by atoms with E-state index in [0.717, 1.165) is 30.7 Å². The number of carbonyl (C=O) groups is 1. The molecule has 0 radical (unpaired) electrons. The lowest BCUT2D eigenvalue weighted by molar-refractivity contribution is -0.134.